The first kappa shape index (κ1) is 32.5. The molecule has 0 saturated carbocycles. The fourth-order valence-electron chi connectivity index (χ4n) is 3.68. The summed E-state index contributed by atoms with van der Waals surface area (Å²) in [5, 5.41) is 13.5. The highest BCUT2D eigenvalue weighted by atomic mass is 16.5. The van der Waals surface area contributed by atoms with E-state index in [1.807, 2.05) is 71.0 Å². The van der Waals surface area contributed by atoms with Crippen LogP contribution in [0.25, 0.3) is 0 Å². The molecule has 210 valence electrons. The number of ether oxygens (including phenoxy) is 2. The molecule has 1 unspecified atom stereocenters. The number of nitrogens with zero attached hydrogens (tertiary/aromatic N) is 2. The molecule has 1 N–H and O–H groups in total. The number of allylic oxidation sites excluding steroid dienone is 4. The van der Waals surface area contributed by atoms with Crippen LogP contribution in [0.2, 0.25) is 0 Å². The maximum absolute atomic E-state index is 12.3. The highest BCUT2D eigenvalue weighted by molar-refractivity contribution is 5.68. The number of hydrogen-bond donors (Lipinski definition) is 1. The third kappa shape index (κ3) is 10.4. The lowest BCUT2D eigenvalue weighted by Gasteiger charge is -2.28. The summed E-state index contributed by atoms with van der Waals surface area (Å²) >= 11 is 0. The summed E-state index contributed by atoms with van der Waals surface area (Å²) < 4.78 is 17.9. The Hall–Kier alpha value is -3.55. The monoisotopic (exact) mass is 528 g/mol. The minimum Gasteiger partial charge on any atom is -0.497 e. The Morgan fingerprint density at radius 2 is 1.87 bits per heavy atom. The average molecular weight is 529 g/mol. The van der Waals surface area contributed by atoms with Gasteiger partial charge < -0.3 is 19.0 Å². The molecular weight excluding hydrogens is 484 g/mol. The molecule has 1 atom stereocenters. The lowest BCUT2D eigenvalue weighted by Crippen LogP contribution is -2.34. The van der Waals surface area contributed by atoms with Gasteiger partial charge in [0.25, 0.3) is 0 Å². The molecule has 2 aromatic rings. The summed E-state index contributed by atoms with van der Waals surface area (Å²) in [4.78, 5) is 23.4. The van der Waals surface area contributed by atoms with E-state index < -0.39 is 17.3 Å². The summed E-state index contributed by atoms with van der Waals surface area (Å²) in [5.41, 5.74) is 2.23. The van der Waals surface area contributed by atoms with Crippen molar-refractivity contribution < 1.29 is 23.8 Å². The van der Waals surface area contributed by atoms with E-state index in [0.29, 0.717) is 36.8 Å². The quantitative estimate of drug-likeness (QED) is 0.208. The minimum absolute atomic E-state index is 0.0584. The van der Waals surface area contributed by atoms with E-state index in [4.69, 9.17) is 19.0 Å². The van der Waals surface area contributed by atoms with E-state index in [9.17, 15) is 9.59 Å². The number of benzene rings is 1. The molecule has 8 heteroatoms. The number of hydrogen-bond acceptors (Lipinski definition) is 6. The van der Waals surface area contributed by atoms with Crippen molar-refractivity contribution in [2.45, 2.75) is 92.2 Å². The zero-order valence-corrected chi connectivity index (χ0v) is 24.0. The second-order valence-corrected chi connectivity index (χ2v) is 8.91. The van der Waals surface area contributed by atoms with Gasteiger partial charge in [-0.15, -0.1) is 5.10 Å². The smallest absolute Gasteiger partial charge is 0.437 e. The number of aliphatic carboxylic acids is 1. The van der Waals surface area contributed by atoms with Crippen LogP contribution in [0.5, 0.6) is 5.75 Å². The van der Waals surface area contributed by atoms with Gasteiger partial charge in [-0.25, -0.2) is 4.79 Å². The molecule has 0 radical (unpaired) electrons. The van der Waals surface area contributed by atoms with Crippen LogP contribution in [0.15, 0.2) is 69.1 Å². The Kier molecular flexibility index (Phi) is 14.0. The highest BCUT2D eigenvalue weighted by Crippen LogP contribution is 2.25. The second kappa shape index (κ2) is 16.3. The molecule has 1 aromatic carbocycles. The van der Waals surface area contributed by atoms with Crippen molar-refractivity contribution in [3.05, 3.63) is 81.9 Å². The van der Waals surface area contributed by atoms with Gasteiger partial charge in [0, 0.05) is 6.42 Å². The molecule has 0 saturated heterocycles. The van der Waals surface area contributed by atoms with E-state index >= 15 is 0 Å². The van der Waals surface area contributed by atoms with E-state index in [0.717, 1.165) is 36.0 Å². The van der Waals surface area contributed by atoms with Crippen LogP contribution in [0, 0.1) is 0 Å². The summed E-state index contributed by atoms with van der Waals surface area (Å²) in [6, 6.07) is 7.64. The van der Waals surface area contributed by atoms with Gasteiger partial charge in [0.2, 0.25) is 5.89 Å². The molecular formula is C30H44N2O6. The van der Waals surface area contributed by atoms with Gasteiger partial charge in [-0.1, -0.05) is 58.6 Å². The first-order valence-electron chi connectivity index (χ1n) is 13.3. The Labute approximate surface area is 226 Å². The third-order valence-electron chi connectivity index (χ3n) is 6.11. The normalized spacial score (nSPS) is 13.2. The Bertz CT molecular complexity index is 1140. The first-order valence-corrected chi connectivity index (χ1v) is 13.3. The molecule has 0 amide bonds. The van der Waals surface area contributed by atoms with Crippen molar-refractivity contribution in [3.8, 4) is 5.75 Å². The summed E-state index contributed by atoms with van der Waals surface area (Å²) in [5.74, 6) is 0.283. The Morgan fingerprint density at radius 1 is 1.21 bits per heavy atom. The second-order valence-electron chi connectivity index (χ2n) is 8.91. The topological polar surface area (TPSA) is 104 Å². The lowest BCUT2D eigenvalue weighted by molar-refractivity contribution is -0.141. The van der Waals surface area contributed by atoms with E-state index in [1.165, 1.54) is 4.68 Å². The molecule has 2 rings (SSSR count). The largest absolute Gasteiger partial charge is 0.497 e. The van der Waals surface area contributed by atoms with Crippen molar-refractivity contribution in [1.29, 1.82) is 0 Å². The van der Waals surface area contributed by atoms with Gasteiger partial charge in [0.15, 0.2) is 0 Å². The number of rotatable bonds is 15. The van der Waals surface area contributed by atoms with Crippen molar-refractivity contribution >= 4 is 5.97 Å². The molecule has 0 fully saturated rings. The Balaban J connectivity index is 0.00000352. The van der Waals surface area contributed by atoms with Crippen LogP contribution in [-0.4, -0.2) is 33.6 Å². The summed E-state index contributed by atoms with van der Waals surface area (Å²) in [6.45, 7) is 15.9. The van der Waals surface area contributed by atoms with Gasteiger partial charge in [-0.2, -0.15) is 4.68 Å². The molecule has 0 aliphatic rings. The zero-order chi connectivity index (χ0) is 28.7. The first-order chi connectivity index (χ1) is 18.1. The van der Waals surface area contributed by atoms with Crippen LogP contribution < -0.4 is 10.5 Å². The molecule has 38 heavy (non-hydrogen) atoms. The fraction of sp³-hybridized carbons (Fsp3) is 0.500. The highest BCUT2D eigenvalue weighted by Gasteiger charge is 2.27. The maximum atomic E-state index is 12.3. The van der Waals surface area contributed by atoms with Crippen LogP contribution in [0.1, 0.15) is 78.7 Å². The standard InChI is InChI=1S/C28H38N2O6.C2H6/c1-7-21(17-23(8-2)20(4)34-6)19-30-27(33)35-25(29-30)12-10-11-22-13-15-24(16-14-22)36-28(5,9-3)18-26(31)32;1-2/h7,13-17H,4,8-12,18-19H2,1-3,5-6H3,(H,31,32);1-2H3/b21-7+,23-17-;. The number of carboxylic acid groups (broad SMARTS) is 1. The van der Waals surface area contributed by atoms with Crippen molar-refractivity contribution in [2.75, 3.05) is 7.11 Å². The van der Waals surface area contributed by atoms with Gasteiger partial charge in [-0.3, -0.25) is 4.79 Å². The SMILES string of the molecule is C=C(OC)/C(=C\C(=C/C)Cn1nc(CCCc2ccc(OC(C)(CC)CC(=O)O)cc2)oc1=O)CC.CC. The van der Waals surface area contributed by atoms with Crippen molar-refractivity contribution in [2.24, 2.45) is 0 Å². The van der Waals surface area contributed by atoms with Gasteiger partial charge in [-0.05, 0) is 68.4 Å². The average Bonchev–Trinajstić information content (AvgIpc) is 3.26. The molecule has 1 aromatic heterocycles. The van der Waals surface area contributed by atoms with Crippen LogP contribution in [0.3, 0.4) is 0 Å². The number of carbonyl (C=O) groups is 1. The van der Waals surface area contributed by atoms with Crippen molar-refractivity contribution in [1.82, 2.24) is 9.78 Å². The van der Waals surface area contributed by atoms with Gasteiger partial charge in [0.05, 0.1) is 20.1 Å². The van der Waals surface area contributed by atoms with Crippen LogP contribution in [-0.2, 0) is 28.9 Å². The van der Waals surface area contributed by atoms with E-state index in [1.54, 1.807) is 14.0 Å². The molecule has 0 aliphatic heterocycles. The third-order valence-corrected chi connectivity index (χ3v) is 6.11. The summed E-state index contributed by atoms with van der Waals surface area (Å²) in [6.07, 6.45) is 7.26. The van der Waals surface area contributed by atoms with Crippen LogP contribution in [0.4, 0.5) is 0 Å². The lowest BCUT2D eigenvalue weighted by atomic mass is 9.99. The molecule has 0 spiro atoms. The molecule has 0 aliphatic carbocycles. The minimum atomic E-state index is -0.883. The van der Waals surface area contributed by atoms with Gasteiger partial charge >= 0.3 is 11.7 Å². The fourth-order valence-corrected chi connectivity index (χ4v) is 3.68. The number of aromatic nitrogens is 2. The Morgan fingerprint density at radius 3 is 2.39 bits per heavy atom. The molecule has 0 bridgehead atoms. The number of carboxylic acids is 1. The predicted octanol–water partition coefficient (Wildman–Crippen LogP) is 6.50. The molecule has 1 heterocycles. The number of methoxy groups -OCH3 is 1. The van der Waals surface area contributed by atoms with E-state index in [2.05, 4.69) is 11.7 Å². The maximum Gasteiger partial charge on any atom is 0.437 e. The number of aryl methyl sites for hydroxylation is 2. The predicted molar refractivity (Wildman–Crippen MR) is 150 cm³/mol. The molecule has 8 nitrogen and oxygen atoms in total. The van der Waals surface area contributed by atoms with E-state index in [-0.39, 0.29) is 6.42 Å². The van der Waals surface area contributed by atoms with Crippen molar-refractivity contribution in [3.63, 3.8) is 0 Å². The van der Waals surface area contributed by atoms with Crippen LogP contribution >= 0.6 is 0 Å². The summed E-state index contributed by atoms with van der Waals surface area (Å²) in [7, 11) is 1.59. The van der Waals surface area contributed by atoms with Gasteiger partial charge in [0.1, 0.15) is 17.1 Å². The zero-order valence-electron chi connectivity index (χ0n) is 24.0.